The van der Waals surface area contributed by atoms with E-state index in [1.165, 1.54) is 0 Å². The first kappa shape index (κ1) is 16.5. The molecule has 0 heterocycles. The van der Waals surface area contributed by atoms with E-state index < -0.39 is 5.41 Å². The zero-order chi connectivity index (χ0) is 15.8. The van der Waals surface area contributed by atoms with Crippen molar-refractivity contribution in [2.45, 2.75) is 13.0 Å². The Morgan fingerprint density at radius 2 is 1.50 bits per heavy atom. The van der Waals surface area contributed by atoms with Crippen LogP contribution in [0.25, 0.3) is 0 Å². The van der Waals surface area contributed by atoms with Gasteiger partial charge in [0.25, 0.3) is 0 Å². The zero-order valence-corrected chi connectivity index (χ0v) is 12.6. The van der Waals surface area contributed by atoms with Crippen LogP contribution >= 0.6 is 0 Å². The van der Waals surface area contributed by atoms with Gasteiger partial charge < -0.3 is 20.7 Å². The standard InChI is InChI=1S/C18H23NO3/c19-17-8-6-15(7-9-17)10-18(12-20,13-21)14-22-11-16-4-2-1-3-5-16/h1-9,20-21H,10-14,19H2. The molecule has 0 unspecified atom stereocenters. The van der Waals surface area contributed by atoms with Crippen LogP contribution in [0.5, 0.6) is 0 Å². The second-order valence-corrected chi connectivity index (χ2v) is 5.71. The number of benzene rings is 2. The third kappa shape index (κ3) is 4.56. The van der Waals surface area contributed by atoms with Gasteiger partial charge in [-0.25, -0.2) is 0 Å². The van der Waals surface area contributed by atoms with Crippen LogP contribution in [-0.2, 0) is 17.8 Å². The molecule has 4 heteroatoms. The summed E-state index contributed by atoms with van der Waals surface area (Å²) >= 11 is 0. The highest BCUT2D eigenvalue weighted by molar-refractivity contribution is 5.39. The lowest BCUT2D eigenvalue weighted by atomic mass is 9.84. The van der Waals surface area contributed by atoms with Gasteiger partial charge in [-0.2, -0.15) is 0 Å². The Morgan fingerprint density at radius 1 is 0.864 bits per heavy atom. The lowest BCUT2D eigenvalue weighted by Gasteiger charge is -2.29. The van der Waals surface area contributed by atoms with Crippen molar-refractivity contribution in [3.63, 3.8) is 0 Å². The fourth-order valence-electron chi connectivity index (χ4n) is 2.33. The maximum absolute atomic E-state index is 9.72. The summed E-state index contributed by atoms with van der Waals surface area (Å²) in [5.41, 5.74) is 7.77. The predicted octanol–water partition coefficient (Wildman–Crippen LogP) is 2.00. The smallest absolute Gasteiger partial charge is 0.0717 e. The molecule has 22 heavy (non-hydrogen) atoms. The molecule has 4 N–H and O–H groups in total. The van der Waals surface area contributed by atoms with E-state index in [1.807, 2.05) is 54.6 Å². The second-order valence-electron chi connectivity index (χ2n) is 5.71. The second kappa shape index (κ2) is 7.94. The number of nitrogen functional groups attached to an aromatic ring is 1. The Bertz CT molecular complexity index is 550. The van der Waals surface area contributed by atoms with Crippen molar-refractivity contribution in [3.8, 4) is 0 Å². The topological polar surface area (TPSA) is 75.7 Å². The number of aliphatic hydroxyl groups excluding tert-OH is 2. The lowest BCUT2D eigenvalue weighted by Crippen LogP contribution is -2.37. The van der Waals surface area contributed by atoms with Crippen LogP contribution < -0.4 is 5.73 Å². The maximum Gasteiger partial charge on any atom is 0.0717 e. The number of aliphatic hydroxyl groups is 2. The van der Waals surface area contributed by atoms with E-state index in [9.17, 15) is 10.2 Å². The van der Waals surface area contributed by atoms with Gasteiger partial charge in [0.2, 0.25) is 0 Å². The average molecular weight is 301 g/mol. The molecule has 118 valence electrons. The number of ether oxygens (including phenoxy) is 1. The maximum atomic E-state index is 9.72. The van der Waals surface area contributed by atoms with Crippen molar-refractivity contribution >= 4 is 5.69 Å². The molecule has 0 bridgehead atoms. The molecular formula is C18H23NO3. The molecule has 0 spiro atoms. The summed E-state index contributed by atoms with van der Waals surface area (Å²) in [6, 6.07) is 17.3. The van der Waals surface area contributed by atoms with Crippen LogP contribution in [0.3, 0.4) is 0 Å². The van der Waals surface area contributed by atoms with Gasteiger partial charge >= 0.3 is 0 Å². The van der Waals surface area contributed by atoms with Gasteiger partial charge in [-0.05, 0) is 29.7 Å². The number of anilines is 1. The van der Waals surface area contributed by atoms with Gasteiger partial charge in [-0.3, -0.25) is 0 Å². The zero-order valence-electron chi connectivity index (χ0n) is 12.6. The molecule has 0 aliphatic carbocycles. The molecule has 2 aromatic carbocycles. The lowest BCUT2D eigenvalue weighted by molar-refractivity contribution is -0.0330. The van der Waals surface area contributed by atoms with Gasteiger partial charge in [-0.1, -0.05) is 42.5 Å². The first-order valence-electron chi connectivity index (χ1n) is 7.35. The van der Waals surface area contributed by atoms with Crippen LogP contribution in [0, 0.1) is 5.41 Å². The molecule has 0 atom stereocenters. The molecule has 0 amide bonds. The highest BCUT2D eigenvalue weighted by Gasteiger charge is 2.29. The highest BCUT2D eigenvalue weighted by Crippen LogP contribution is 2.24. The van der Waals surface area contributed by atoms with Crippen molar-refractivity contribution in [1.29, 1.82) is 0 Å². The van der Waals surface area contributed by atoms with E-state index in [0.717, 1.165) is 11.1 Å². The Kier molecular flexibility index (Phi) is 5.95. The normalized spacial score (nSPS) is 11.5. The monoisotopic (exact) mass is 301 g/mol. The van der Waals surface area contributed by atoms with Crippen molar-refractivity contribution in [3.05, 3.63) is 65.7 Å². The minimum absolute atomic E-state index is 0.136. The summed E-state index contributed by atoms with van der Waals surface area (Å²) in [6.45, 7) is 0.481. The van der Waals surface area contributed by atoms with E-state index in [2.05, 4.69) is 0 Å². The summed E-state index contributed by atoms with van der Waals surface area (Å²) in [5, 5.41) is 19.4. The third-order valence-corrected chi connectivity index (χ3v) is 3.75. The largest absolute Gasteiger partial charge is 0.399 e. The van der Waals surface area contributed by atoms with Gasteiger partial charge in [-0.15, -0.1) is 0 Å². The van der Waals surface area contributed by atoms with Crippen LogP contribution in [0.15, 0.2) is 54.6 Å². The number of hydrogen-bond donors (Lipinski definition) is 3. The van der Waals surface area contributed by atoms with Crippen LogP contribution in [0.1, 0.15) is 11.1 Å². The van der Waals surface area contributed by atoms with E-state index in [0.29, 0.717) is 25.3 Å². The minimum Gasteiger partial charge on any atom is -0.399 e. The fourth-order valence-corrected chi connectivity index (χ4v) is 2.33. The van der Waals surface area contributed by atoms with Gasteiger partial charge in [0.15, 0.2) is 0 Å². The molecule has 2 rings (SSSR count). The quantitative estimate of drug-likeness (QED) is 0.652. The van der Waals surface area contributed by atoms with Crippen LogP contribution in [0.2, 0.25) is 0 Å². The van der Waals surface area contributed by atoms with Crippen LogP contribution in [-0.4, -0.2) is 30.0 Å². The van der Waals surface area contributed by atoms with Gasteiger partial charge in [0.05, 0.1) is 26.4 Å². The Labute approximate surface area is 131 Å². The Hall–Kier alpha value is -1.88. The average Bonchev–Trinajstić information content (AvgIpc) is 2.57. The number of hydrogen-bond acceptors (Lipinski definition) is 4. The summed E-state index contributed by atoms with van der Waals surface area (Å²) in [4.78, 5) is 0. The van der Waals surface area contributed by atoms with E-state index in [1.54, 1.807) is 0 Å². The van der Waals surface area contributed by atoms with Gasteiger partial charge in [0, 0.05) is 11.1 Å². The van der Waals surface area contributed by atoms with E-state index >= 15 is 0 Å². The molecule has 0 fully saturated rings. The minimum atomic E-state index is -0.690. The predicted molar refractivity (Wildman–Crippen MR) is 87.3 cm³/mol. The summed E-state index contributed by atoms with van der Waals surface area (Å²) in [7, 11) is 0. The first-order chi connectivity index (χ1) is 10.7. The molecular weight excluding hydrogens is 278 g/mol. The Balaban J connectivity index is 1.96. The Morgan fingerprint density at radius 3 is 2.09 bits per heavy atom. The summed E-state index contributed by atoms with van der Waals surface area (Å²) in [6.07, 6.45) is 0.537. The van der Waals surface area contributed by atoms with Crippen LogP contribution in [0.4, 0.5) is 5.69 Å². The highest BCUT2D eigenvalue weighted by atomic mass is 16.5. The first-order valence-corrected chi connectivity index (χ1v) is 7.35. The van der Waals surface area contributed by atoms with Gasteiger partial charge in [0.1, 0.15) is 0 Å². The molecule has 0 aliphatic heterocycles. The molecule has 0 saturated heterocycles. The molecule has 0 aliphatic rings. The van der Waals surface area contributed by atoms with E-state index in [-0.39, 0.29) is 13.2 Å². The number of nitrogens with two attached hydrogens (primary N) is 1. The van der Waals surface area contributed by atoms with E-state index in [4.69, 9.17) is 10.5 Å². The number of rotatable bonds is 8. The molecule has 2 aromatic rings. The van der Waals surface area contributed by atoms with Crippen molar-refractivity contribution < 1.29 is 14.9 Å². The fraction of sp³-hybridized carbons (Fsp3) is 0.333. The third-order valence-electron chi connectivity index (χ3n) is 3.75. The molecule has 0 saturated carbocycles. The SMILES string of the molecule is Nc1ccc(CC(CO)(CO)COCc2ccccc2)cc1. The summed E-state index contributed by atoms with van der Waals surface area (Å²) < 4.78 is 5.72. The molecule has 0 radical (unpaired) electrons. The summed E-state index contributed by atoms with van der Waals surface area (Å²) in [5.74, 6) is 0. The molecule has 4 nitrogen and oxygen atoms in total. The van der Waals surface area contributed by atoms with Crippen molar-refractivity contribution in [2.75, 3.05) is 25.6 Å². The molecule has 0 aromatic heterocycles. The van der Waals surface area contributed by atoms with Crippen molar-refractivity contribution in [1.82, 2.24) is 0 Å². The van der Waals surface area contributed by atoms with Crippen molar-refractivity contribution in [2.24, 2.45) is 5.41 Å².